The summed E-state index contributed by atoms with van der Waals surface area (Å²) >= 11 is 0. The second-order valence-electron chi connectivity index (χ2n) is 5.18. The summed E-state index contributed by atoms with van der Waals surface area (Å²) in [5.41, 5.74) is 2.20. The van der Waals surface area contributed by atoms with Crippen LogP contribution in [0.25, 0.3) is 0 Å². The minimum Gasteiger partial charge on any atom is -0.373 e. The topological polar surface area (TPSA) is 92.8 Å². The average Bonchev–Trinajstić information content (AvgIpc) is 3.01. The molecule has 7 nitrogen and oxygen atoms in total. The lowest BCUT2D eigenvalue weighted by Gasteiger charge is -2.30. The third-order valence-electron chi connectivity index (χ3n) is 3.65. The van der Waals surface area contributed by atoms with Gasteiger partial charge in [-0.3, -0.25) is 10.1 Å². The third-order valence-corrected chi connectivity index (χ3v) is 3.65. The van der Waals surface area contributed by atoms with Gasteiger partial charge >= 0.3 is 0 Å². The molecule has 0 spiro atoms. The third kappa shape index (κ3) is 3.08. The quantitative estimate of drug-likeness (QED) is 0.894. The van der Waals surface area contributed by atoms with Crippen molar-refractivity contribution >= 4 is 11.9 Å². The van der Waals surface area contributed by atoms with E-state index in [0.29, 0.717) is 6.61 Å². The Bertz CT molecular complexity index is 596. The molecule has 2 heterocycles. The molecule has 1 aromatic carbocycles. The lowest BCUT2D eigenvalue weighted by molar-refractivity contribution is -0.129. The average molecular weight is 287 g/mol. The molecule has 0 bridgehead atoms. The van der Waals surface area contributed by atoms with Crippen molar-refractivity contribution in [2.24, 2.45) is 5.92 Å². The zero-order valence-electron chi connectivity index (χ0n) is 11.7. The SMILES string of the molecule is Cc1ccc([C@@H]2OCCC[C@H]2C(=O)Nc2nn[nH]n2)cc1. The van der Waals surface area contributed by atoms with Crippen LogP contribution in [0.5, 0.6) is 0 Å². The summed E-state index contributed by atoms with van der Waals surface area (Å²) in [5, 5.41) is 15.9. The summed E-state index contributed by atoms with van der Waals surface area (Å²) in [6.07, 6.45) is 1.42. The lowest BCUT2D eigenvalue weighted by Crippen LogP contribution is -2.33. The maximum absolute atomic E-state index is 12.4. The second kappa shape index (κ2) is 6.01. The summed E-state index contributed by atoms with van der Waals surface area (Å²) in [6, 6.07) is 8.09. The highest BCUT2D eigenvalue weighted by molar-refractivity contribution is 5.91. The largest absolute Gasteiger partial charge is 0.373 e. The van der Waals surface area contributed by atoms with Crippen LogP contribution >= 0.6 is 0 Å². The van der Waals surface area contributed by atoms with Crippen molar-refractivity contribution in [1.29, 1.82) is 0 Å². The Kier molecular flexibility index (Phi) is 3.92. The number of aromatic amines is 1. The van der Waals surface area contributed by atoms with Gasteiger partial charge in [-0.05, 0) is 30.5 Å². The highest BCUT2D eigenvalue weighted by Gasteiger charge is 2.33. The number of ether oxygens (including phenoxy) is 1. The van der Waals surface area contributed by atoms with E-state index in [0.717, 1.165) is 18.4 Å². The fourth-order valence-electron chi connectivity index (χ4n) is 2.55. The maximum atomic E-state index is 12.4. The zero-order chi connectivity index (χ0) is 14.7. The first kappa shape index (κ1) is 13.7. The second-order valence-corrected chi connectivity index (χ2v) is 5.18. The molecular weight excluding hydrogens is 270 g/mol. The van der Waals surface area contributed by atoms with Crippen LogP contribution in [0.1, 0.15) is 30.1 Å². The predicted octanol–water partition coefficient (Wildman–Crippen LogP) is 1.61. The first-order valence-electron chi connectivity index (χ1n) is 6.96. The summed E-state index contributed by atoms with van der Waals surface area (Å²) < 4.78 is 5.83. The van der Waals surface area contributed by atoms with E-state index >= 15 is 0 Å². The van der Waals surface area contributed by atoms with Gasteiger partial charge in [0.1, 0.15) is 0 Å². The van der Waals surface area contributed by atoms with E-state index in [1.54, 1.807) is 0 Å². The molecule has 1 fully saturated rings. The van der Waals surface area contributed by atoms with Gasteiger partial charge in [0.25, 0.3) is 5.95 Å². The molecular formula is C14H17N5O2. The van der Waals surface area contributed by atoms with Gasteiger partial charge in [-0.2, -0.15) is 5.21 Å². The minimum atomic E-state index is -0.250. The van der Waals surface area contributed by atoms with Gasteiger partial charge in [-0.25, -0.2) is 0 Å². The highest BCUT2D eigenvalue weighted by Crippen LogP contribution is 2.34. The molecule has 1 aromatic heterocycles. The van der Waals surface area contributed by atoms with Crippen molar-refractivity contribution in [3.8, 4) is 0 Å². The number of hydrogen-bond donors (Lipinski definition) is 2. The number of aryl methyl sites for hydroxylation is 1. The molecule has 110 valence electrons. The maximum Gasteiger partial charge on any atom is 0.269 e. The minimum absolute atomic E-state index is 0.137. The molecule has 1 saturated heterocycles. The molecule has 0 unspecified atom stereocenters. The fraction of sp³-hybridized carbons (Fsp3) is 0.429. The molecule has 3 rings (SSSR count). The summed E-state index contributed by atoms with van der Waals surface area (Å²) in [5.74, 6) is -0.199. The Morgan fingerprint density at radius 1 is 1.38 bits per heavy atom. The number of hydrogen-bond acceptors (Lipinski definition) is 5. The van der Waals surface area contributed by atoms with Gasteiger partial charge in [0.05, 0.1) is 12.0 Å². The van der Waals surface area contributed by atoms with Crippen LogP contribution in [0.3, 0.4) is 0 Å². The summed E-state index contributed by atoms with van der Waals surface area (Å²) in [4.78, 5) is 12.4. The fourth-order valence-corrected chi connectivity index (χ4v) is 2.55. The highest BCUT2D eigenvalue weighted by atomic mass is 16.5. The Morgan fingerprint density at radius 2 is 2.19 bits per heavy atom. The molecule has 0 aliphatic carbocycles. The number of anilines is 1. The van der Waals surface area contributed by atoms with E-state index in [1.807, 2.05) is 31.2 Å². The Morgan fingerprint density at radius 3 is 2.90 bits per heavy atom. The first-order valence-corrected chi connectivity index (χ1v) is 6.96. The van der Waals surface area contributed by atoms with Gasteiger partial charge in [0.2, 0.25) is 5.91 Å². The normalized spacial score (nSPS) is 22.0. The molecule has 7 heteroatoms. The van der Waals surface area contributed by atoms with E-state index < -0.39 is 0 Å². The molecule has 0 radical (unpaired) electrons. The van der Waals surface area contributed by atoms with Gasteiger partial charge in [0.15, 0.2) is 0 Å². The molecule has 1 amide bonds. The Hall–Kier alpha value is -2.28. The summed E-state index contributed by atoms with van der Waals surface area (Å²) in [6.45, 7) is 2.70. The van der Waals surface area contributed by atoms with E-state index in [-0.39, 0.29) is 23.9 Å². The van der Waals surface area contributed by atoms with Crippen molar-refractivity contribution in [3.05, 3.63) is 35.4 Å². The van der Waals surface area contributed by atoms with Crippen LogP contribution in [0.4, 0.5) is 5.95 Å². The van der Waals surface area contributed by atoms with Gasteiger partial charge in [-0.15, -0.1) is 5.10 Å². The number of H-pyrrole nitrogens is 1. The van der Waals surface area contributed by atoms with Gasteiger partial charge in [-0.1, -0.05) is 34.9 Å². The number of aromatic nitrogens is 4. The van der Waals surface area contributed by atoms with Crippen molar-refractivity contribution in [3.63, 3.8) is 0 Å². The molecule has 2 atom stereocenters. The van der Waals surface area contributed by atoms with Crippen molar-refractivity contribution in [2.75, 3.05) is 11.9 Å². The number of amides is 1. The Balaban J connectivity index is 1.77. The van der Waals surface area contributed by atoms with E-state index in [1.165, 1.54) is 5.56 Å². The van der Waals surface area contributed by atoms with Crippen LogP contribution < -0.4 is 5.32 Å². The molecule has 1 aliphatic heterocycles. The predicted molar refractivity (Wildman–Crippen MR) is 75.4 cm³/mol. The number of nitrogens with zero attached hydrogens (tertiary/aromatic N) is 3. The molecule has 2 aromatic rings. The first-order chi connectivity index (χ1) is 10.2. The van der Waals surface area contributed by atoms with Gasteiger partial charge in [0, 0.05) is 6.61 Å². The van der Waals surface area contributed by atoms with E-state index in [4.69, 9.17) is 4.74 Å². The number of tetrazole rings is 1. The van der Waals surface area contributed by atoms with Gasteiger partial charge < -0.3 is 4.74 Å². The van der Waals surface area contributed by atoms with E-state index in [9.17, 15) is 4.79 Å². The smallest absolute Gasteiger partial charge is 0.269 e. The number of rotatable bonds is 3. The van der Waals surface area contributed by atoms with Crippen LogP contribution in [0.15, 0.2) is 24.3 Å². The van der Waals surface area contributed by atoms with Crippen molar-refractivity contribution in [1.82, 2.24) is 20.6 Å². The number of benzene rings is 1. The van der Waals surface area contributed by atoms with Crippen LogP contribution in [-0.2, 0) is 9.53 Å². The Labute approximate surface area is 122 Å². The van der Waals surface area contributed by atoms with Crippen molar-refractivity contribution < 1.29 is 9.53 Å². The summed E-state index contributed by atoms with van der Waals surface area (Å²) in [7, 11) is 0. The van der Waals surface area contributed by atoms with Crippen LogP contribution in [0, 0.1) is 12.8 Å². The number of nitrogens with one attached hydrogen (secondary N) is 2. The molecule has 2 N–H and O–H groups in total. The van der Waals surface area contributed by atoms with E-state index in [2.05, 4.69) is 25.9 Å². The van der Waals surface area contributed by atoms with Crippen LogP contribution in [0.2, 0.25) is 0 Å². The lowest BCUT2D eigenvalue weighted by atomic mass is 9.88. The molecule has 1 aliphatic rings. The van der Waals surface area contributed by atoms with Crippen molar-refractivity contribution in [2.45, 2.75) is 25.9 Å². The van der Waals surface area contributed by atoms with Crippen LogP contribution in [-0.4, -0.2) is 33.1 Å². The number of carbonyl (C=O) groups is 1. The molecule has 21 heavy (non-hydrogen) atoms. The standard InChI is InChI=1S/C14H17N5O2/c1-9-4-6-10(7-5-9)12-11(3-2-8-21-12)13(20)15-14-16-18-19-17-14/h4-7,11-12H,2-3,8H2,1H3,(H2,15,16,17,18,19,20)/t11-,12+/m1/s1. The molecule has 0 saturated carbocycles. The monoisotopic (exact) mass is 287 g/mol. The number of carbonyl (C=O) groups excluding carboxylic acids is 1. The zero-order valence-corrected chi connectivity index (χ0v) is 11.7.